The van der Waals surface area contributed by atoms with Gasteiger partial charge in [0, 0.05) is 17.6 Å². The van der Waals surface area contributed by atoms with Crippen molar-refractivity contribution in [2.75, 3.05) is 0 Å². The zero-order valence-corrected chi connectivity index (χ0v) is 9.76. The van der Waals surface area contributed by atoms with Gasteiger partial charge in [0.05, 0.1) is 10.7 Å². The molecule has 0 aliphatic heterocycles. The second-order valence-corrected chi connectivity index (χ2v) is 3.99. The van der Waals surface area contributed by atoms with Gasteiger partial charge in [-0.1, -0.05) is 23.7 Å². The molecule has 0 fully saturated rings. The lowest BCUT2D eigenvalue weighted by molar-refractivity contribution is 0.628. The van der Waals surface area contributed by atoms with Crippen LogP contribution < -0.4 is 0 Å². The van der Waals surface area contributed by atoms with Crippen molar-refractivity contribution in [3.63, 3.8) is 0 Å². The van der Waals surface area contributed by atoms with Crippen molar-refractivity contribution in [1.29, 1.82) is 0 Å². The topological polar surface area (TPSA) is 12.9 Å². The van der Waals surface area contributed by atoms with Crippen molar-refractivity contribution in [1.82, 2.24) is 4.98 Å². The van der Waals surface area contributed by atoms with E-state index in [1.54, 1.807) is 24.4 Å². The summed E-state index contributed by atoms with van der Waals surface area (Å²) in [5, 5.41) is 0.476. The first-order valence-corrected chi connectivity index (χ1v) is 5.58. The second-order valence-electron chi connectivity index (χ2n) is 3.32. The van der Waals surface area contributed by atoms with Crippen LogP contribution in [0.5, 0.6) is 0 Å². The number of pyridine rings is 1. The highest BCUT2D eigenvalue weighted by Gasteiger charge is 2.06. The third-order valence-electron chi connectivity index (χ3n) is 2.15. The van der Waals surface area contributed by atoms with Crippen LogP contribution in [0.1, 0.15) is 5.56 Å². The van der Waals surface area contributed by atoms with E-state index < -0.39 is 0 Å². The minimum Gasteiger partial charge on any atom is -0.254 e. The molecule has 0 aliphatic rings. The third-order valence-corrected chi connectivity index (χ3v) is 2.75. The molecule has 0 N–H and O–H groups in total. The lowest BCUT2D eigenvalue weighted by atomic mass is 10.1. The van der Waals surface area contributed by atoms with Gasteiger partial charge in [-0.15, -0.1) is 11.6 Å². The molecule has 0 atom stereocenters. The van der Waals surface area contributed by atoms with Gasteiger partial charge >= 0.3 is 0 Å². The molecule has 0 bridgehead atoms. The number of hydrogen-bond acceptors (Lipinski definition) is 1. The highest BCUT2D eigenvalue weighted by atomic mass is 35.5. The molecule has 1 nitrogen and oxygen atoms in total. The van der Waals surface area contributed by atoms with Crippen LogP contribution in [0, 0.1) is 5.82 Å². The first kappa shape index (κ1) is 11.4. The minimum absolute atomic E-state index is 0.309. The number of alkyl halides is 1. The molecule has 82 valence electrons. The molecule has 2 aromatic rings. The fourth-order valence-corrected chi connectivity index (χ4v) is 1.84. The monoisotopic (exact) mass is 255 g/mol. The summed E-state index contributed by atoms with van der Waals surface area (Å²) in [6.07, 6.45) is 1.64. The molecular weight excluding hydrogens is 248 g/mol. The van der Waals surface area contributed by atoms with E-state index in [9.17, 15) is 4.39 Å². The van der Waals surface area contributed by atoms with Crippen molar-refractivity contribution in [2.45, 2.75) is 5.88 Å². The van der Waals surface area contributed by atoms with Crippen LogP contribution in [0.15, 0.2) is 36.5 Å². The maximum Gasteiger partial charge on any atom is 0.123 e. The largest absolute Gasteiger partial charge is 0.254 e. The van der Waals surface area contributed by atoms with E-state index in [-0.39, 0.29) is 5.82 Å². The Morgan fingerprint density at radius 2 is 2.06 bits per heavy atom. The molecule has 0 aliphatic carbocycles. The predicted octanol–water partition coefficient (Wildman–Crippen LogP) is 4.28. The molecule has 1 heterocycles. The Labute approximate surface area is 103 Å². The summed E-state index contributed by atoms with van der Waals surface area (Å²) >= 11 is 11.7. The van der Waals surface area contributed by atoms with E-state index >= 15 is 0 Å². The van der Waals surface area contributed by atoms with E-state index in [1.165, 1.54) is 12.1 Å². The molecular formula is C12H8Cl2FN. The van der Waals surface area contributed by atoms with Gasteiger partial charge in [0.1, 0.15) is 5.82 Å². The zero-order valence-electron chi connectivity index (χ0n) is 8.25. The van der Waals surface area contributed by atoms with Crippen LogP contribution in [-0.4, -0.2) is 4.98 Å². The van der Waals surface area contributed by atoms with E-state index in [0.29, 0.717) is 22.2 Å². The molecule has 1 aromatic heterocycles. The van der Waals surface area contributed by atoms with Crippen LogP contribution in [0.3, 0.4) is 0 Å². The van der Waals surface area contributed by atoms with Crippen LogP contribution in [-0.2, 0) is 5.88 Å². The van der Waals surface area contributed by atoms with Crippen LogP contribution in [0.25, 0.3) is 11.3 Å². The number of rotatable bonds is 2. The standard InChI is InChI=1S/C12H8Cl2FN/c13-6-8-4-11(14)12(16-7-8)9-2-1-3-10(15)5-9/h1-5,7H,6H2. The third kappa shape index (κ3) is 2.34. The number of halogens is 3. The summed E-state index contributed by atoms with van der Waals surface area (Å²) in [7, 11) is 0. The first-order chi connectivity index (χ1) is 7.70. The fourth-order valence-electron chi connectivity index (χ4n) is 1.40. The normalized spacial score (nSPS) is 10.4. The van der Waals surface area contributed by atoms with E-state index in [1.807, 2.05) is 0 Å². The lowest BCUT2D eigenvalue weighted by Gasteiger charge is -2.04. The van der Waals surface area contributed by atoms with Crippen molar-refractivity contribution in [2.24, 2.45) is 0 Å². The molecule has 0 amide bonds. The van der Waals surface area contributed by atoms with Crippen LogP contribution in [0.4, 0.5) is 4.39 Å². The van der Waals surface area contributed by atoms with Gasteiger partial charge in [-0.2, -0.15) is 0 Å². The van der Waals surface area contributed by atoms with E-state index in [2.05, 4.69) is 4.98 Å². The smallest absolute Gasteiger partial charge is 0.123 e. The first-order valence-electron chi connectivity index (χ1n) is 4.67. The van der Waals surface area contributed by atoms with Crippen LogP contribution in [0.2, 0.25) is 5.02 Å². The number of benzene rings is 1. The van der Waals surface area contributed by atoms with Crippen LogP contribution >= 0.6 is 23.2 Å². The van der Waals surface area contributed by atoms with Gasteiger partial charge in [0.15, 0.2) is 0 Å². The molecule has 0 unspecified atom stereocenters. The van der Waals surface area contributed by atoms with Gasteiger partial charge in [-0.05, 0) is 23.8 Å². The van der Waals surface area contributed by atoms with Crippen molar-refractivity contribution < 1.29 is 4.39 Å². The summed E-state index contributed by atoms with van der Waals surface area (Å²) in [6.45, 7) is 0. The maximum atomic E-state index is 13.0. The summed E-state index contributed by atoms with van der Waals surface area (Å²) < 4.78 is 13.0. The van der Waals surface area contributed by atoms with Crippen molar-refractivity contribution >= 4 is 23.2 Å². The SMILES string of the molecule is Fc1cccc(-c2ncc(CCl)cc2Cl)c1. The average Bonchev–Trinajstić information content (AvgIpc) is 2.28. The molecule has 0 saturated carbocycles. The van der Waals surface area contributed by atoms with Gasteiger partial charge in [-0.3, -0.25) is 4.98 Å². The Morgan fingerprint density at radius 1 is 1.25 bits per heavy atom. The summed E-state index contributed by atoms with van der Waals surface area (Å²) in [5.74, 6) is 0.0488. The fraction of sp³-hybridized carbons (Fsp3) is 0.0833. The summed E-state index contributed by atoms with van der Waals surface area (Å²) in [5.41, 5.74) is 2.06. The van der Waals surface area contributed by atoms with Gasteiger partial charge in [0.25, 0.3) is 0 Å². The molecule has 0 saturated heterocycles. The molecule has 0 spiro atoms. The number of aromatic nitrogens is 1. The Hall–Kier alpha value is -1.12. The summed E-state index contributed by atoms with van der Waals surface area (Å²) in [6, 6.07) is 7.90. The highest BCUT2D eigenvalue weighted by molar-refractivity contribution is 6.33. The Bertz CT molecular complexity index is 514. The number of nitrogens with zero attached hydrogens (tertiary/aromatic N) is 1. The molecule has 4 heteroatoms. The molecule has 2 rings (SSSR count). The second kappa shape index (κ2) is 4.81. The Balaban J connectivity index is 2.48. The molecule has 0 radical (unpaired) electrons. The van der Waals surface area contributed by atoms with Gasteiger partial charge < -0.3 is 0 Å². The molecule has 1 aromatic carbocycles. The number of hydrogen-bond donors (Lipinski definition) is 0. The minimum atomic E-state index is -0.309. The Morgan fingerprint density at radius 3 is 2.69 bits per heavy atom. The Kier molecular flexibility index (Phi) is 3.42. The highest BCUT2D eigenvalue weighted by Crippen LogP contribution is 2.27. The van der Waals surface area contributed by atoms with E-state index in [0.717, 1.165) is 5.56 Å². The summed E-state index contributed by atoms with van der Waals surface area (Å²) in [4.78, 5) is 4.18. The van der Waals surface area contributed by atoms with E-state index in [4.69, 9.17) is 23.2 Å². The lowest BCUT2D eigenvalue weighted by Crippen LogP contribution is -1.88. The maximum absolute atomic E-state index is 13.0. The van der Waals surface area contributed by atoms with Crippen molar-refractivity contribution in [3.8, 4) is 11.3 Å². The van der Waals surface area contributed by atoms with Gasteiger partial charge in [-0.25, -0.2) is 4.39 Å². The van der Waals surface area contributed by atoms with Gasteiger partial charge in [0.2, 0.25) is 0 Å². The quantitative estimate of drug-likeness (QED) is 0.731. The molecule has 16 heavy (non-hydrogen) atoms. The zero-order chi connectivity index (χ0) is 11.5. The average molecular weight is 256 g/mol. The van der Waals surface area contributed by atoms with Crippen molar-refractivity contribution in [3.05, 3.63) is 52.9 Å². The predicted molar refractivity (Wildman–Crippen MR) is 64.2 cm³/mol.